The Hall–Kier alpha value is -1.38. The molecule has 1 atom stereocenters. The van der Waals surface area contributed by atoms with Gasteiger partial charge in [-0.3, -0.25) is 9.59 Å². The molecule has 1 aliphatic rings. The number of hydrogen-bond donors (Lipinski definition) is 0. The summed E-state index contributed by atoms with van der Waals surface area (Å²) < 4.78 is 5.28. The minimum atomic E-state index is -0.199. The number of ether oxygens (including phenoxy) is 1. The summed E-state index contributed by atoms with van der Waals surface area (Å²) in [4.78, 5) is 23.1. The van der Waals surface area contributed by atoms with Gasteiger partial charge in [0.1, 0.15) is 5.76 Å². The average molecular weight is 292 g/mol. The average Bonchev–Trinajstić information content (AvgIpc) is 2.40. The first-order valence-corrected chi connectivity index (χ1v) is 8.16. The van der Waals surface area contributed by atoms with E-state index < -0.39 is 0 Å². The molecule has 0 heterocycles. The molecule has 0 aromatic carbocycles. The first-order chi connectivity index (χ1) is 10.1. The predicted octanol–water partition coefficient (Wildman–Crippen LogP) is 4.72. The molecule has 0 radical (unpaired) electrons. The van der Waals surface area contributed by atoms with Crippen LogP contribution >= 0.6 is 0 Å². The van der Waals surface area contributed by atoms with Crippen LogP contribution in [0.15, 0.2) is 24.5 Å². The van der Waals surface area contributed by atoms with Crippen LogP contribution in [0.2, 0.25) is 0 Å². The van der Waals surface area contributed by atoms with Gasteiger partial charge in [0.25, 0.3) is 0 Å². The quantitative estimate of drug-likeness (QED) is 0.332. The molecule has 0 aromatic heterocycles. The molecule has 0 spiro atoms. The Balaban J connectivity index is 2.06. The van der Waals surface area contributed by atoms with Gasteiger partial charge < -0.3 is 4.74 Å². The molecule has 0 bridgehead atoms. The maximum atomic E-state index is 11.7. The van der Waals surface area contributed by atoms with Gasteiger partial charge in [-0.15, -0.1) is 6.58 Å². The van der Waals surface area contributed by atoms with Gasteiger partial charge in [-0.05, 0) is 25.2 Å². The summed E-state index contributed by atoms with van der Waals surface area (Å²) in [6, 6.07) is 0. The highest BCUT2D eigenvalue weighted by molar-refractivity contribution is 5.91. The summed E-state index contributed by atoms with van der Waals surface area (Å²) in [6.07, 6.45) is 13.0. The van der Waals surface area contributed by atoms with E-state index in [-0.39, 0.29) is 17.7 Å². The predicted molar refractivity (Wildman–Crippen MR) is 84.7 cm³/mol. The number of esters is 1. The Morgan fingerprint density at radius 3 is 2.57 bits per heavy atom. The van der Waals surface area contributed by atoms with E-state index in [4.69, 9.17) is 4.74 Å². The topological polar surface area (TPSA) is 43.4 Å². The van der Waals surface area contributed by atoms with Crippen LogP contribution in [-0.2, 0) is 14.3 Å². The van der Waals surface area contributed by atoms with E-state index in [0.29, 0.717) is 25.0 Å². The Morgan fingerprint density at radius 2 is 1.90 bits per heavy atom. The van der Waals surface area contributed by atoms with Gasteiger partial charge in [0.2, 0.25) is 0 Å². The van der Waals surface area contributed by atoms with Crippen LogP contribution in [-0.4, -0.2) is 11.8 Å². The van der Waals surface area contributed by atoms with Crippen molar-refractivity contribution in [3.05, 3.63) is 24.5 Å². The molecule has 3 heteroatoms. The fourth-order valence-corrected chi connectivity index (χ4v) is 2.59. The number of hydrogen-bond acceptors (Lipinski definition) is 3. The standard InChI is InChI=1S/C18H28O3/c1-3-4-5-6-7-8-9-10-11-18(20)21-17-13-15(2)12-16(19)14-17/h3,14-15H,1,4-13H2,2H3. The second-order valence-electron chi connectivity index (χ2n) is 6.01. The molecule has 0 amide bonds. The van der Waals surface area contributed by atoms with Crippen molar-refractivity contribution in [3.63, 3.8) is 0 Å². The minimum Gasteiger partial charge on any atom is -0.431 e. The van der Waals surface area contributed by atoms with E-state index in [1.54, 1.807) is 0 Å². The third-order valence-electron chi connectivity index (χ3n) is 3.71. The van der Waals surface area contributed by atoms with Crippen LogP contribution in [0.25, 0.3) is 0 Å². The van der Waals surface area contributed by atoms with Crippen molar-refractivity contribution in [2.45, 2.75) is 71.1 Å². The Bertz CT molecular complexity index is 382. The lowest BCUT2D eigenvalue weighted by molar-refractivity contribution is -0.140. The molecule has 1 rings (SSSR count). The molecule has 0 aliphatic heterocycles. The lowest BCUT2D eigenvalue weighted by Gasteiger charge is -2.17. The Labute approximate surface area is 128 Å². The third-order valence-corrected chi connectivity index (χ3v) is 3.71. The highest BCUT2D eigenvalue weighted by Gasteiger charge is 2.19. The van der Waals surface area contributed by atoms with Crippen LogP contribution in [0.1, 0.15) is 71.1 Å². The number of rotatable bonds is 10. The molecule has 0 N–H and O–H groups in total. The molecule has 21 heavy (non-hydrogen) atoms. The minimum absolute atomic E-state index is 0.0658. The zero-order valence-corrected chi connectivity index (χ0v) is 13.2. The van der Waals surface area contributed by atoms with Gasteiger partial charge in [0.15, 0.2) is 5.78 Å². The van der Waals surface area contributed by atoms with E-state index >= 15 is 0 Å². The maximum Gasteiger partial charge on any atom is 0.310 e. The summed E-state index contributed by atoms with van der Waals surface area (Å²) >= 11 is 0. The fourth-order valence-electron chi connectivity index (χ4n) is 2.59. The summed E-state index contributed by atoms with van der Waals surface area (Å²) in [7, 11) is 0. The summed E-state index contributed by atoms with van der Waals surface area (Å²) in [5.74, 6) is 0.694. The molecule has 0 fully saturated rings. The van der Waals surface area contributed by atoms with Gasteiger partial charge in [0.05, 0.1) is 0 Å². The zero-order valence-electron chi connectivity index (χ0n) is 13.2. The van der Waals surface area contributed by atoms with Gasteiger partial charge in [-0.1, -0.05) is 38.7 Å². The lowest BCUT2D eigenvalue weighted by atomic mass is 9.94. The smallest absolute Gasteiger partial charge is 0.310 e. The largest absolute Gasteiger partial charge is 0.431 e. The van der Waals surface area contributed by atoms with Gasteiger partial charge in [0, 0.05) is 25.3 Å². The number of unbranched alkanes of at least 4 members (excludes halogenated alkanes) is 6. The lowest BCUT2D eigenvalue weighted by Crippen LogP contribution is -2.15. The Kier molecular flexibility index (Phi) is 8.72. The van der Waals surface area contributed by atoms with Crippen LogP contribution in [0, 0.1) is 5.92 Å². The zero-order chi connectivity index (χ0) is 15.5. The van der Waals surface area contributed by atoms with Crippen molar-refractivity contribution in [1.82, 2.24) is 0 Å². The number of carbonyl (C=O) groups excluding carboxylic acids is 2. The molecule has 3 nitrogen and oxygen atoms in total. The van der Waals surface area contributed by atoms with Crippen LogP contribution in [0.5, 0.6) is 0 Å². The van der Waals surface area contributed by atoms with Crippen LogP contribution < -0.4 is 0 Å². The van der Waals surface area contributed by atoms with Gasteiger partial charge >= 0.3 is 5.97 Å². The third kappa shape index (κ3) is 8.49. The normalized spacial score (nSPS) is 18.2. The number of allylic oxidation sites excluding steroid dienone is 3. The van der Waals surface area contributed by atoms with E-state index in [2.05, 4.69) is 6.58 Å². The molecule has 118 valence electrons. The van der Waals surface area contributed by atoms with E-state index in [1.165, 1.54) is 31.8 Å². The van der Waals surface area contributed by atoms with Gasteiger partial charge in [-0.25, -0.2) is 0 Å². The summed E-state index contributed by atoms with van der Waals surface area (Å²) in [5.41, 5.74) is 0. The molecular formula is C18H28O3. The van der Waals surface area contributed by atoms with E-state index in [9.17, 15) is 9.59 Å². The molecule has 0 saturated heterocycles. The molecule has 1 unspecified atom stereocenters. The fraction of sp³-hybridized carbons (Fsp3) is 0.667. The van der Waals surface area contributed by atoms with Crippen molar-refractivity contribution in [2.24, 2.45) is 5.92 Å². The second kappa shape index (κ2) is 10.4. The molecule has 0 aromatic rings. The summed E-state index contributed by atoms with van der Waals surface area (Å²) in [6.45, 7) is 5.71. The molecule has 0 saturated carbocycles. The maximum absolute atomic E-state index is 11.7. The van der Waals surface area contributed by atoms with Crippen molar-refractivity contribution < 1.29 is 14.3 Å². The van der Waals surface area contributed by atoms with Crippen molar-refractivity contribution in [3.8, 4) is 0 Å². The highest BCUT2D eigenvalue weighted by Crippen LogP contribution is 2.22. The van der Waals surface area contributed by atoms with E-state index in [1.807, 2.05) is 13.0 Å². The highest BCUT2D eigenvalue weighted by atomic mass is 16.5. The van der Waals surface area contributed by atoms with Crippen LogP contribution in [0.3, 0.4) is 0 Å². The van der Waals surface area contributed by atoms with Gasteiger partial charge in [-0.2, -0.15) is 0 Å². The first kappa shape index (κ1) is 17.7. The number of ketones is 1. The Morgan fingerprint density at radius 1 is 1.24 bits per heavy atom. The van der Waals surface area contributed by atoms with Crippen LogP contribution in [0.4, 0.5) is 0 Å². The summed E-state index contributed by atoms with van der Waals surface area (Å²) in [5, 5.41) is 0. The monoisotopic (exact) mass is 292 g/mol. The van der Waals surface area contributed by atoms with Crippen molar-refractivity contribution in [1.29, 1.82) is 0 Å². The first-order valence-electron chi connectivity index (χ1n) is 8.16. The SMILES string of the molecule is C=CCCCCCCCCC(=O)OC1=CC(=O)CC(C)C1. The molecular weight excluding hydrogens is 264 g/mol. The van der Waals surface area contributed by atoms with Crippen molar-refractivity contribution >= 4 is 11.8 Å². The van der Waals surface area contributed by atoms with E-state index in [0.717, 1.165) is 19.3 Å². The van der Waals surface area contributed by atoms with Crippen molar-refractivity contribution in [2.75, 3.05) is 0 Å². The number of carbonyl (C=O) groups is 2. The second-order valence-corrected chi connectivity index (χ2v) is 6.01. The molecule has 1 aliphatic carbocycles.